The quantitative estimate of drug-likeness (QED) is 0.329. The van der Waals surface area contributed by atoms with Gasteiger partial charge in [-0.05, 0) is 68.1 Å². The molecular weight excluding hydrogens is 525 g/mol. The van der Waals surface area contributed by atoms with Crippen LogP contribution in [0.4, 0.5) is 0 Å². The van der Waals surface area contributed by atoms with Gasteiger partial charge >= 0.3 is 0 Å². The molecule has 8 heteroatoms. The second-order valence-corrected chi connectivity index (χ2v) is 11.6. The van der Waals surface area contributed by atoms with Crippen LogP contribution in [0.3, 0.4) is 0 Å². The Morgan fingerprint density at radius 3 is 2.16 bits per heavy atom. The van der Waals surface area contributed by atoms with E-state index in [1.807, 2.05) is 31.2 Å². The smallest absolute Gasteiger partial charge is 0.257 e. The molecule has 200 valence electrons. The monoisotopic (exact) mass is 555 g/mol. The van der Waals surface area contributed by atoms with Gasteiger partial charge in [-0.2, -0.15) is 0 Å². The number of nitrogens with zero attached hydrogens (tertiary/aromatic N) is 1. The Bertz CT molecular complexity index is 1340. The van der Waals surface area contributed by atoms with Crippen molar-refractivity contribution >= 4 is 29.1 Å². The Morgan fingerprint density at radius 2 is 1.61 bits per heavy atom. The van der Waals surface area contributed by atoms with Crippen molar-refractivity contribution < 1.29 is 24.9 Å². The van der Waals surface area contributed by atoms with Gasteiger partial charge in [-0.15, -0.1) is 0 Å². The van der Waals surface area contributed by atoms with Gasteiger partial charge in [0.2, 0.25) is 0 Å². The number of halogens is 2. The van der Waals surface area contributed by atoms with E-state index in [2.05, 4.69) is 0 Å². The summed E-state index contributed by atoms with van der Waals surface area (Å²) in [4.78, 5) is 16.0. The second-order valence-electron chi connectivity index (χ2n) is 10.7. The molecule has 38 heavy (non-hydrogen) atoms. The summed E-state index contributed by atoms with van der Waals surface area (Å²) in [6.45, 7) is 3.19. The molecule has 1 fully saturated rings. The van der Waals surface area contributed by atoms with Crippen LogP contribution in [0, 0.1) is 5.41 Å². The van der Waals surface area contributed by atoms with Gasteiger partial charge in [-0.25, -0.2) is 0 Å². The molecule has 3 aromatic carbocycles. The number of hydrogen-bond donors (Lipinski definition) is 3. The summed E-state index contributed by atoms with van der Waals surface area (Å²) in [5, 5.41) is 31.7. The number of amides is 1. The fourth-order valence-corrected chi connectivity index (χ4v) is 5.42. The number of benzene rings is 3. The van der Waals surface area contributed by atoms with E-state index in [9.17, 15) is 20.1 Å². The van der Waals surface area contributed by atoms with E-state index in [0.717, 1.165) is 18.4 Å². The number of carbonyl (C=O) groups is 1. The molecule has 0 radical (unpaired) electrons. The molecule has 1 aliphatic heterocycles. The van der Waals surface area contributed by atoms with E-state index in [1.54, 1.807) is 47.4 Å². The van der Waals surface area contributed by atoms with Crippen LogP contribution in [-0.4, -0.2) is 45.9 Å². The van der Waals surface area contributed by atoms with Crippen molar-refractivity contribution in [3.8, 4) is 0 Å². The highest BCUT2D eigenvalue weighted by atomic mass is 35.5. The lowest BCUT2D eigenvalue weighted by molar-refractivity contribution is -0.137. The minimum atomic E-state index is -1.52. The molecule has 3 atom stereocenters. The van der Waals surface area contributed by atoms with Gasteiger partial charge in [0.05, 0.1) is 25.9 Å². The normalized spacial score (nSPS) is 22.2. The summed E-state index contributed by atoms with van der Waals surface area (Å²) >= 11 is 12.4. The molecule has 1 heterocycles. The van der Waals surface area contributed by atoms with Crippen molar-refractivity contribution in [2.45, 2.75) is 44.1 Å². The lowest BCUT2D eigenvalue weighted by Gasteiger charge is -2.43. The lowest BCUT2D eigenvalue weighted by Crippen LogP contribution is -2.49. The fraction of sp³-hybridized carbons (Fsp3) is 0.367. The van der Waals surface area contributed by atoms with Gasteiger partial charge in [0, 0.05) is 32.2 Å². The Hall–Kier alpha value is -2.45. The van der Waals surface area contributed by atoms with Crippen LogP contribution in [-0.2, 0) is 16.1 Å². The summed E-state index contributed by atoms with van der Waals surface area (Å²) in [5.41, 5.74) is -0.201. The maximum Gasteiger partial charge on any atom is 0.257 e. The van der Waals surface area contributed by atoms with Crippen molar-refractivity contribution in [2.75, 3.05) is 19.8 Å². The van der Waals surface area contributed by atoms with Gasteiger partial charge in [0.15, 0.2) is 5.72 Å². The van der Waals surface area contributed by atoms with Crippen molar-refractivity contribution in [1.82, 2.24) is 4.90 Å². The average Bonchev–Trinajstić information content (AvgIpc) is 3.67. The summed E-state index contributed by atoms with van der Waals surface area (Å²) in [5.74, 6) is -0.276. The Kier molecular flexibility index (Phi) is 7.10. The van der Waals surface area contributed by atoms with E-state index in [1.165, 1.54) is 6.92 Å². The molecule has 0 saturated heterocycles. The maximum absolute atomic E-state index is 14.3. The second kappa shape index (κ2) is 9.94. The molecular formula is C30H31Cl2NO5. The first-order valence-corrected chi connectivity index (χ1v) is 13.4. The van der Waals surface area contributed by atoms with E-state index in [-0.39, 0.29) is 24.5 Å². The standard InChI is InChI=1S/C30H31Cl2NO5/c1-19(20-3-8-23(31)9-4-20)33-27(36)25-15-22(28(2,37)16-34)7-12-26(25)30(33,21-5-10-24(32)11-6-21)38-18-29(17-35)13-14-29/h3-12,15,19,34-35,37H,13-14,16-18H2,1-2H3. The van der Waals surface area contributed by atoms with Gasteiger partial charge < -0.3 is 20.1 Å². The number of aliphatic hydroxyl groups excluding tert-OH is 2. The van der Waals surface area contributed by atoms with Crippen molar-refractivity contribution in [1.29, 1.82) is 0 Å². The third-order valence-corrected chi connectivity index (χ3v) is 8.46. The largest absolute Gasteiger partial charge is 0.396 e. The zero-order valence-corrected chi connectivity index (χ0v) is 22.8. The number of carbonyl (C=O) groups excluding carboxylic acids is 1. The highest BCUT2D eigenvalue weighted by Crippen LogP contribution is 2.53. The van der Waals surface area contributed by atoms with E-state index in [0.29, 0.717) is 32.3 Å². The number of fused-ring (bicyclic) bond motifs is 1. The lowest BCUT2D eigenvalue weighted by atomic mass is 9.88. The van der Waals surface area contributed by atoms with Crippen molar-refractivity contribution in [3.05, 3.63) is 105 Å². The van der Waals surface area contributed by atoms with Gasteiger partial charge in [0.1, 0.15) is 5.60 Å². The molecule has 0 aromatic heterocycles. The molecule has 1 amide bonds. The first-order chi connectivity index (χ1) is 18.1. The minimum Gasteiger partial charge on any atom is -0.396 e. The van der Waals surface area contributed by atoms with Crippen LogP contribution in [0.15, 0.2) is 66.7 Å². The molecule has 1 aliphatic carbocycles. The average molecular weight is 556 g/mol. The van der Waals surface area contributed by atoms with Crippen LogP contribution < -0.4 is 0 Å². The predicted molar refractivity (Wildman–Crippen MR) is 146 cm³/mol. The number of aliphatic hydroxyl groups is 3. The van der Waals surface area contributed by atoms with Crippen molar-refractivity contribution in [3.63, 3.8) is 0 Å². The predicted octanol–water partition coefficient (Wildman–Crippen LogP) is 5.40. The molecule has 2 aliphatic rings. The summed E-state index contributed by atoms with van der Waals surface area (Å²) < 4.78 is 6.83. The summed E-state index contributed by atoms with van der Waals surface area (Å²) in [6.07, 6.45) is 1.68. The molecule has 1 saturated carbocycles. The number of rotatable bonds is 9. The number of hydrogen-bond acceptors (Lipinski definition) is 5. The SMILES string of the molecule is CC(c1ccc(Cl)cc1)N1C(=O)c2cc(C(C)(O)CO)ccc2C1(OCC1(CO)CC1)c1ccc(Cl)cc1. The van der Waals surface area contributed by atoms with E-state index in [4.69, 9.17) is 27.9 Å². The van der Waals surface area contributed by atoms with E-state index >= 15 is 0 Å². The van der Waals surface area contributed by atoms with Gasteiger partial charge in [0.25, 0.3) is 5.91 Å². The molecule has 3 N–H and O–H groups in total. The van der Waals surface area contributed by atoms with E-state index < -0.39 is 24.0 Å². The first-order valence-electron chi connectivity index (χ1n) is 12.7. The third-order valence-electron chi connectivity index (χ3n) is 7.96. The van der Waals surface area contributed by atoms with Crippen LogP contribution in [0.25, 0.3) is 0 Å². The summed E-state index contributed by atoms with van der Waals surface area (Å²) in [7, 11) is 0. The van der Waals surface area contributed by atoms with Crippen LogP contribution >= 0.6 is 23.2 Å². The Balaban J connectivity index is 1.74. The highest BCUT2D eigenvalue weighted by Gasteiger charge is 2.56. The third kappa shape index (κ3) is 4.53. The Labute approximate surface area is 232 Å². The minimum absolute atomic E-state index is 0.00442. The topological polar surface area (TPSA) is 90.2 Å². The fourth-order valence-electron chi connectivity index (χ4n) is 5.17. The van der Waals surface area contributed by atoms with Gasteiger partial charge in [-0.1, -0.05) is 59.6 Å². The first kappa shape index (κ1) is 27.1. The molecule has 3 unspecified atom stereocenters. The highest BCUT2D eigenvalue weighted by molar-refractivity contribution is 6.30. The van der Waals surface area contributed by atoms with Crippen LogP contribution in [0.1, 0.15) is 65.3 Å². The van der Waals surface area contributed by atoms with Crippen LogP contribution in [0.5, 0.6) is 0 Å². The molecule has 5 rings (SSSR count). The zero-order chi connectivity index (χ0) is 27.3. The summed E-state index contributed by atoms with van der Waals surface area (Å²) in [6, 6.07) is 19.3. The molecule has 0 bridgehead atoms. The molecule has 0 spiro atoms. The van der Waals surface area contributed by atoms with Crippen molar-refractivity contribution in [2.24, 2.45) is 5.41 Å². The number of ether oxygens (including phenoxy) is 1. The maximum atomic E-state index is 14.3. The Morgan fingerprint density at radius 1 is 1.00 bits per heavy atom. The van der Waals surface area contributed by atoms with Crippen LogP contribution in [0.2, 0.25) is 10.0 Å². The van der Waals surface area contributed by atoms with Gasteiger partial charge in [-0.3, -0.25) is 9.69 Å². The molecule has 6 nitrogen and oxygen atoms in total. The zero-order valence-electron chi connectivity index (χ0n) is 21.3. The molecule has 3 aromatic rings.